The van der Waals surface area contributed by atoms with Gasteiger partial charge in [0.1, 0.15) is 6.04 Å². The van der Waals surface area contributed by atoms with Crippen molar-refractivity contribution < 1.29 is 24.2 Å². The van der Waals surface area contributed by atoms with Crippen LogP contribution < -0.4 is 9.47 Å². The lowest BCUT2D eigenvalue weighted by Crippen LogP contribution is -2.42. The molecule has 1 aromatic carbocycles. The number of carbonyl (C=O) groups excluding carboxylic acids is 1. The van der Waals surface area contributed by atoms with E-state index in [0.29, 0.717) is 11.5 Å². The monoisotopic (exact) mass is 281 g/mol. The number of aliphatic carboxylic acids is 1. The van der Waals surface area contributed by atoms with Gasteiger partial charge in [-0.3, -0.25) is 4.79 Å². The summed E-state index contributed by atoms with van der Waals surface area (Å²) in [6.07, 6.45) is 0.200. The quantitative estimate of drug-likeness (QED) is 0.847. The molecule has 110 valence electrons. The molecule has 6 heteroatoms. The highest BCUT2D eigenvalue weighted by Gasteiger charge is 2.25. The van der Waals surface area contributed by atoms with Gasteiger partial charge in [0.15, 0.2) is 11.5 Å². The summed E-state index contributed by atoms with van der Waals surface area (Å²) in [5, 5.41) is 9.23. The van der Waals surface area contributed by atoms with Crippen LogP contribution in [0.3, 0.4) is 0 Å². The van der Waals surface area contributed by atoms with E-state index in [2.05, 4.69) is 0 Å². The third-order valence-electron chi connectivity index (χ3n) is 3.13. The number of carbonyl (C=O) groups is 2. The molecule has 6 nitrogen and oxygen atoms in total. The number of benzene rings is 1. The molecule has 0 radical (unpaired) electrons. The summed E-state index contributed by atoms with van der Waals surface area (Å²) >= 11 is 0. The fourth-order valence-corrected chi connectivity index (χ4v) is 1.84. The molecule has 1 rings (SSSR count). The predicted molar refractivity (Wildman–Crippen MR) is 73.1 cm³/mol. The third kappa shape index (κ3) is 3.63. The minimum atomic E-state index is -1.04. The van der Waals surface area contributed by atoms with Gasteiger partial charge < -0.3 is 19.5 Å². The van der Waals surface area contributed by atoms with Crippen molar-refractivity contribution in [3.63, 3.8) is 0 Å². The molecule has 0 saturated heterocycles. The number of carboxylic acid groups (broad SMARTS) is 1. The molecule has 0 bridgehead atoms. The maximum atomic E-state index is 11.3. The van der Waals surface area contributed by atoms with E-state index in [0.717, 1.165) is 5.56 Å². The zero-order valence-electron chi connectivity index (χ0n) is 12.0. The third-order valence-corrected chi connectivity index (χ3v) is 3.13. The molecule has 0 heterocycles. The van der Waals surface area contributed by atoms with E-state index in [1.165, 1.54) is 33.1 Å². The first-order valence-corrected chi connectivity index (χ1v) is 6.07. The number of likely N-dealkylation sites (N-methyl/N-ethyl adjacent to an activating group) is 1. The SMILES string of the molecule is COc1ccc(C[C@@H](C(=O)O)N(C)C(C)=O)cc1OC. The molecule has 1 N–H and O–H groups in total. The molecule has 0 spiro atoms. The maximum Gasteiger partial charge on any atom is 0.326 e. The average Bonchev–Trinajstić information content (AvgIpc) is 2.43. The van der Waals surface area contributed by atoms with Crippen molar-refractivity contribution in [3.8, 4) is 11.5 Å². The van der Waals surface area contributed by atoms with Gasteiger partial charge in [-0.1, -0.05) is 6.07 Å². The minimum absolute atomic E-state index is 0.200. The second kappa shape index (κ2) is 6.79. The largest absolute Gasteiger partial charge is 0.493 e. The Bertz CT molecular complexity index is 500. The van der Waals surface area contributed by atoms with E-state index >= 15 is 0 Å². The minimum Gasteiger partial charge on any atom is -0.493 e. The molecule has 20 heavy (non-hydrogen) atoms. The van der Waals surface area contributed by atoms with Crippen LogP contribution in [-0.4, -0.2) is 49.2 Å². The highest BCUT2D eigenvalue weighted by Crippen LogP contribution is 2.28. The average molecular weight is 281 g/mol. The molecule has 0 fully saturated rings. The Morgan fingerprint density at radius 3 is 2.30 bits per heavy atom. The molecular formula is C14H19NO5. The van der Waals surface area contributed by atoms with Crippen molar-refractivity contribution >= 4 is 11.9 Å². The summed E-state index contributed by atoms with van der Waals surface area (Å²) in [6, 6.07) is 4.26. The van der Waals surface area contributed by atoms with E-state index in [-0.39, 0.29) is 12.3 Å². The van der Waals surface area contributed by atoms with Crippen molar-refractivity contribution in [2.45, 2.75) is 19.4 Å². The molecular weight excluding hydrogens is 262 g/mol. The fraction of sp³-hybridized carbons (Fsp3) is 0.429. The molecule has 1 aromatic rings. The number of carboxylic acids is 1. The molecule has 0 aliphatic heterocycles. The molecule has 0 aliphatic rings. The number of ether oxygens (including phenoxy) is 2. The Morgan fingerprint density at radius 2 is 1.85 bits per heavy atom. The van der Waals surface area contributed by atoms with Gasteiger partial charge >= 0.3 is 5.97 Å². The first kappa shape index (κ1) is 15.8. The van der Waals surface area contributed by atoms with Crippen molar-refractivity contribution in [1.29, 1.82) is 0 Å². The Hall–Kier alpha value is -2.24. The van der Waals surface area contributed by atoms with Gasteiger partial charge in [-0.25, -0.2) is 4.79 Å². The van der Waals surface area contributed by atoms with Gasteiger partial charge in [-0.15, -0.1) is 0 Å². The molecule has 1 atom stereocenters. The van der Waals surface area contributed by atoms with E-state index in [1.54, 1.807) is 18.2 Å². The Kier molecular flexibility index (Phi) is 5.37. The van der Waals surface area contributed by atoms with Crippen molar-refractivity contribution in [2.24, 2.45) is 0 Å². The Labute approximate surface area is 117 Å². The molecule has 0 saturated carbocycles. The highest BCUT2D eigenvalue weighted by atomic mass is 16.5. The normalized spacial score (nSPS) is 11.6. The molecule has 0 unspecified atom stereocenters. The van der Waals surface area contributed by atoms with E-state index in [4.69, 9.17) is 9.47 Å². The van der Waals surface area contributed by atoms with Gasteiger partial charge in [0.25, 0.3) is 0 Å². The maximum absolute atomic E-state index is 11.3. The molecule has 0 aliphatic carbocycles. The fourth-order valence-electron chi connectivity index (χ4n) is 1.84. The van der Waals surface area contributed by atoms with E-state index < -0.39 is 12.0 Å². The summed E-state index contributed by atoms with van der Waals surface area (Å²) < 4.78 is 10.3. The number of hydrogen-bond acceptors (Lipinski definition) is 4. The summed E-state index contributed by atoms with van der Waals surface area (Å²) in [5.41, 5.74) is 0.753. The lowest BCUT2D eigenvalue weighted by molar-refractivity contribution is -0.148. The van der Waals surface area contributed by atoms with Gasteiger partial charge in [0, 0.05) is 20.4 Å². The van der Waals surface area contributed by atoms with Crippen LogP contribution in [0.15, 0.2) is 18.2 Å². The smallest absolute Gasteiger partial charge is 0.326 e. The lowest BCUT2D eigenvalue weighted by atomic mass is 10.0. The summed E-state index contributed by atoms with van der Waals surface area (Å²) in [6.45, 7) is 1.34. The summed E-state index contributed by atoms with van der Waals surface area (Å²) in [7, 11) is 4.51. The first-order chi connectivity index (χ1) is 9.40. The van der Waals surface area contributed by atoms with Crippen LogP contribution in [0.2, 0.25) is 0 Å². The number of methoxy groups -OCH3 is 2. The standard InChI is InChI=1S/C14H19NO5/c1-9(16)15(2)11(14(17)18)7-10-5-6-12(19-3)13(8-10)20-4/h5-6,8,11H,7H2,1-4H3,(H,17,18)/t11-/m0/s1. The van der Waals surface area contributed by atoms with Crippen molar-refractivity contribution in [2.75, 3.05) is 21.3 Å². The first-order valence-electron chi connectivity index (χ1n) is 6.07. The second-order valence-electron chi connectivity index (χ2n) is 4.38. The van der Waals surface area contributed by atoms with Crippen molar-refractivity contribution in [3.05, 3.63) is 23.8 Å². The summed E-state index contributed by atoms with van der Waals surface area (Å²) in [4.78, 5) is 23.8. The second-order valence-corrected chi connectivity index (χ2v) is 4.38. The van der Waals surface area contributed by atoms with Crippen LogP contribution >= 0.6 is 0 Å². The van der Waals surface area contributed by atoms with Crippen LogP contribution in [0.4, 0.5) is 0 Å². The van der Waals surface area contributed by atoms with Gasteiger partial charge in [-0.2, -0.15) is 0 Å². The highest BCUT2D eigenvalue weighted by molar-refractivity contribution is 5.82. The topological polar surface area (TPSA) is 76.1 Å². The lowest BCUT2D eigenvalue weighted by Gasteiger charge is -2.23. The molecule has 0 aromatic heterocycles. The number of hydrogen-bond donors (Lipinski definition) is 1. The van der Waals surface area contributed by atoms with Crippen molar-refractivity contribution in [1.82, 2.24) is 4.90 Å². The van der Waals surface area contributed by atoms with Gasteiger partial charge in [0.2, 0.25) is 5.91 Å². The van der Waals surface area contributed by atoms with Crippen LogP contribution in [-0.2, 0) is 16.0 Å². The van der Waals surface area contributed by atoms with Crippen LogP contribution in [0.25, 0.3) is 0 Å². The molecule has 1 amide bonds. The number of nitrogens with zero attached hydrogens (tertiary/aromatic N) is 1. The Morgan fingerprint density at radius 1 is 1.25 bits per heavy atom. The van der Waals surface area contributed by atoms with E-state index in [9.17, 15) is 14.7 Å². The van der Waals surface area contributed by atoms with Crippen LogP contribution in [0.1, 0.15) is 12.5 Å². The Balaban J connectivity index is 3.00. The van der Waals surface area contributed by atoms with Crippen LogP contribution in [0, 0.1) is 0 Å². The van der Waals surface area contributed by atoms with E-state index in [1.807, 2.05) is 0 Å². The summed E-state index contributed by atoms with van der Waals surface area (Å²) in [5.74, 6) is -0.238. The van der Waals surface area contributed by atoms with Crippen LogP contribution in [0.5, 0.6) is 11.5 Å². The zero-order chi connectivity index (χ0) is 15.3. The number of rotatable bonds is 6. The zero-order valence-corrected chi connectivity index (χ0v) is 12.0. The van der Waals surface area contributed by atoms with Gasteiger partial charge in [-0.05, 0) is 17.7 Å². The van der Waals surface area contributed by atoms with Gasteiger partial charge in [0.05, 0.1) is 14.2 Å². The number of amides is 1. The predicted octanol–water partition coefficient (Wildman–Crippen LogP) is 1.18.